The van der Waals surface area contributed by atoms with Gasteiger partial charge in [0.05, 0.1) is 0 Å². The summed E-state index contributed by atoms with van der Waals surface area (Å²) in [4.78, 5) is 4.14. The van der Waals surface area contributed by atoms with Gasteiger partial charge in [0.1, 0.15) is 0 Å². The van der Waals surface area contributed by atoms with Crippen molar-refractivity contribution in [3.63, 3.8) is 0 Å². The Morgan fingerprint density at radius 1 is 1.31 bits per heavy atom. The van der Waals surface area contributed by atoms with Crippen LogP contribution in [0.15, 0.2) is 18.5 Å². The Kier molecular flexibility index (Phi) is 2.36. The number of hydrogen-bond donors (Lipinski definition) is 2. The Morgan fingerprint density at radius 3 is 2.81 bits per heavy atom. The number of rotatable bonds is 2. The first kappa shape index (κ1) is 10.1. The molecule has 86 valence electrons. The molecule has 4 atom stereocenters. The van der Waals surface area contributed by atoms with Crippen LogP contribution in [0.5, 0.6) is 0 Å². The van der Waals surface area contributed by atoms with E-state index in [-0.39, 0.29) is 6.04 Å². The second-order valence-corrected chi connectivity index (χ2v) is 5.37. The molecule has 2 saturated carbocycles. The van der Waals surface area contributed by atoms with Gasteiger partial charge in [-0.05, 0) is 43.1 Å². The van der Waals surface area contributed by atoms with Crippen LogP contribution in [0.3, 0.4) is 0 Å². The molecule has 0 amide bonds. The number of fused-ring (bicyclic) bond motifs is 2. The van der Waals surface area contributed by atoms with Crippen molar-refractivity contribution in [2.45, 2.75) is 31.7 Å². The Morgan fingerprint density at radius 2 is 2.19 bits per heavy atom. The molecule has 4 N–H and O–H groups in total. The van der Waals surface area contributed by atoms with Crippen molar-refractivity contribution in [1.82, 2.24) is 4.98 Å². The van der Waals surface area contributed by atoms with Gasteiger partial charge in [0.2, 0.25) is 0 Å². The number of nitrogen functional groups attached to an aromatic ring is 1. The largest absolute Gasteiger partial charge is 0.398 e. The van der Waals surface area contributed by atoms with E-state index in [4.69, 9.17) is 11.5 Å². The zero-order chi connectivity index (χ0) is 11.1. The summed E-state index contributed by atoms with van der Waals surface area (Å²) >= 11 is 0. The fraction of sp³-hybridized carbons (Fsp3) is 0.615. The van der Waals surface area contributed by atoms with Crippen LogP contribution in [0, 0.1) is 17.8 Å². The fourth-order valence-electron chi connectivity index (χ4n) is 3.66. The summed E-state index contributed by atoms with van der Waals surface area (Å²) in [5.74, 6) is 2.39. The molecular weight excluding hydrogens is 198 g/mol. The SMILES string of the molecule is Nc1ccncc1C(N)C1CC2CCC1C2. The predicted molar refractivity (Wildman–Crippen MR) is 64.5 cm³/mol. The molecule has 1 aromatic heterocycles. The minimum Gasteiger partial charge on any atom is -0.398 e. The highest BCUT2D eigenvalue weighted by atomic mass is 14.7. The summed E-state index contributed by atoms with van der Waals surface area (Å²) < 4.78 is 0. The maximum atomic E-state index is 6.37. The zero-order valence-electron chi connectivity index (χ0n) is 9.47. The molecule has 3 nitrogen and oxygen atoms in total. The Balaban J connectivity index is 1.83. The van der Waals surface area contributed by atoms with Gasteiger partial charge in [-0.1, -0.05) is 6.42 Å². The van der Waals surface area contributed by atoms with Crippen molar-refractivity contribution in [1.29, 1.82) is 0 Å². The number of nitrogens with zero attached hydrogens (tertiary/aromatic N) is 1. The minimum absolute atomic E-state index is 0.0870. The first-order chi connectivity index (χ1) is 7.75. The first-order valence-corrected chi connectivity index (χ1v) is 6.20. The van der Waals surface area contributed by atoms with Gasteiger partial charge < -0.3 is 11.5 Å². The number of pyridine rings is 1. The molecular formula is C13H19N3. The van der Waals surface area contributed by atoms with E-state index in [1.807, 2.05) is 12.3 Å². The summed E-state index contributed by atoms with van der Waals surface area (Å²) in [5, 5.41) is 0. The summed E-state index contributed by atoms with van der Waals surface area (Å²) in [6.07, 6.45) is 9.02. The van der Waals surface area contributed by atoms with E-state index in [0.717, 1.165) is 23.1 Å². The third kappa shape index (κ3) is 1.50. The van der Waals surface area contributed by atoms with E-state index in [1.54, 1.807) is 6.20 Å². The molecule has 0 aromatic carbocycles. The lowest BCUT2D eigenvalue weighted by molar-refractivity contribution is 0.284. The third-order valence-electron chi connectivity index (χ3n) is 4.50. The summed E-state index contributed by atoms with van der Waals surface area (Å²) in [6, 6.07) is 1.94. The normalized spacial score (nSPS) is 34.2. The van der Waals surface area contributed by atoms with E-state index in [2.05, 4.69) is 4.98 Å². The Labute approximate surface area is 96.2 Å². The van der Waals surface area contributed by atoms with Crippen LogP contribution in [0.1, 0.15) is 37.3 Å². The van der Waals surface area contributed by atoms with Gasteiger partial charge in [-0.15, -0.1) is 0 Å². The fourth-order valence-corrected chi connectivity index (χ4v) is 3.66. The van der Waals surface area contributed by atoms with E-state index in [1.165, 1.54) is 25.7 Å². The van der Waals surface area contributed by atoms with Crippen molar-refractivity contribution in [2.24, 2.45) is 23.5 Å². The standard InChI is InChI=1S/C13H19N3/c14-12-3-4-16-7-11(12)13(15)10-6-8-1-2-9(10)5-8/h3-4,7-10,13H,1-2,5-6,15H2,(H2,14,16). The second kappa shape index (κ2) is 3.74. The highest BCUT2D eigenvalue weighted by molar-refractivity contribution is 5.46. The smallest absolute Gasteiger partial charge is 0.0393 e. The van der Waals surface area contributed by atoms with Crippen molar-refractivity contribution in [2.75, 3.05) is 5.73 Å². The van der Waals surface area contributed by atoms with Gasteiger partial charge in [-0.25, -0.2) is 0 Å². The van der Waals surface area contributed by atoms with Crippen LogP contribution in [0.4, 0.5) is 5.69 Å². The molecule has 2 fully saturated rings. The molecule has 0 spiro atoms. The maximum Gasteiger partial charge on any atom is 0.0393 e. The van der Waals surface area contributed by atoms with Gasteiger partial charge in [-0.3, -0.25) is 4.98 Å². The minimum atomic E-state index is 0.0870. The molecule has 2 aliphatic rings. The molecule has 0 radical (unpaired) electrons. The number of nitrogens with two attached hydrogens (primary N) is 2. The van der Waals surface area contributed by atoms with E-state index in [0.29, 0.717) is 5.92 Å². The van der Waals surface area contributed by atoms with Gasteiger partial charge in [0, 0.05) is 29.7 Å². The summed E-state index contributed by atoms with van der Waals surface area (Å²) in [5.41, 5.74) is 14.2. The summed E-state index contributed by atoms with van der Waals surface area (Å²) in [7, 11) is 0. The molecule has 2 bridgehead atoms. The quantitative estimate of drug-likeness (QED) is 0.797. The van der Waals surface area contributed by atoms with E-state index < -0.39 is 0 Å². The molecule has 0 aliphatic heterocycles. The molecule has 2 aliphatic carbocycles. The van der Waals surface area contributed by atoms with Crippen LogP contribution in [-0.2, 0) is 0 Å². The Bertz CT molecular complexity index is 391. The van der Waals surface area contributed by atoms with Gasteiger partial charge >= 0.3 is 0 Å². The lowest BCUT2D eigenvalue weighted by Crippen LogP contribution is -2.26. The van der Waals surface area contributed by atoms with Crippen LogP contribution in [0.2, 0.25) is 0 Å². The molecule has 16 heavy (non-hydrogen) atoms. The average molecular weight is 217 g/mol. The van der Waals surface area contributed by atoms with Crippen molar-refractivity contribution < 1.29 is 0 Å². The highest BCUT2D eigenvalue weighted by Gasteiger charge is 2.42. The van der Waals surface area contributed by atoms with Crippen LogP contribution >= 0.6 is 0 Å². The number of aromatic nitrogens is 1. The lowest BCUT2D eigenvalue weighted by Gasteiger charge is -2.28. The monoisotopic (exact) mass is 217 g/mol. The van der Waals surface area contributed by atoms with Crippen LogP contribution in [-0.4, -0.2) is 4.98 Å². The third-order valence-corrected chi connectivity index (χ3v) is 4.50. The molecule has 4 unspecified atom stereocenters. The van der Waals surface area contributed by atoms with Crippen LogP contribution < -0.4 is 11.5 Å². The topological polar surface area (TPSA) is 64.9 Å². The zero-order valence-corrected chi connectivity index (χ0v) is 9.47. The molecule has 3 heteroatoms. The average Bonchev–Trinajstić information content (AvgIpc) is 2.90. The van der Waals surface area contributed by atoms with Crippen molar-refractivity contribution >= 4 is 5.69 Å². The molecule has 3 rings (SSSR count). The maximum absolute atomic E-state index is 6.37. The van der Waals surface area contributed by atoms with Crippen molar-refractivity contribution in [3.05, 3.63) is 24.0 Å². The second-order valence-electron chi connectivity index (χ2n) is 5.37. The molecule has 1 heterocycles. The summed E-state index contributed by atoms with van der Waals surface area (Å²) in [6.45, 7) is 0. The first-order valence-electron chi connectivity index (χ1n) is 6.20. The van der Waals surface area contributed by atoms with Crippen molar-refractivity contribution in [3.8, 4) is 0 Å². The Hall–Kier alpha value is -1.09. The van der Waals surface area contributed by atoms with Crippen LogP contribution in [0.25, 0.3) is 0 Å². The van der Waals surface area contributed by atoms with Gasteiger partial charge in [0.25, 0.3) is 0 Å². The van der Waals surface area contributed by atoms with E-state index in [9.17, 15) is 0 Å². The van der Waals surface area contributed by atoms with Gasteiger partial charge in [0.15, 0.2) is 0 Å². The number of anilines is 1. The van der Waals surface area contributed by atoms with Gasteiger partial charge in [-0.2, -0.15) is 0 Å². The molecule has 0 saturated heterocycles. The number of hydrogen-bond acceptors (Lipinski definition) is 3. The predicted octanol–water partition coefficient (Wildman–Crippen LogP) is 2.10. The lowest BCUT2D eigenvalue weighted by atomic mass is 9.81. The molecule has 1 aromatic rings. The highest BCUT2D eigenvalue weighted by Crippen LogP contribution is 2.52. The van der Waals surface area contributed by atoms with E-state index >= 15 is 0 Å².